The molecule has 2 N–H and O–H groups in total. The number of hydrogen-bond acceptors (Lipinski definition) is 3. The number of nitrogens with zero attached hydrogens (tertiary/aromatic N) is 1. The summed E-state index contributed by atoms with van der Waals surface area (Å²) in [5.74, 6) is 1.48. The van der Waals surface area contributed by atoms with Crippen molar-refractivity contribution < 1.29 is 4.74 Å². The molecule has 1 heterocycles. The molecule has 2 rings (SSSR count). The zero-order chi connectivity index (χ0) is 11.5. The molecule has 0 bridgehead atoms. The molecule has 0 saturated carbocycles. The lowest BCUT2D eigenvalue weighted by Crippen LogP contribution is -2.35. The predicted octanol–water partition coefficient (Wildman–Crippen LogP) is 1.44. The van der Waals surface area contributed by atoms with Crippen LogP contribution in [0.25, 0.3) is 0 Å². The van der Waals surface area contributed by atoms with Gasteiger partial charge in [-0.25, -0.2) is 0 Å². The highest BCUT2D eigenvalue weighted by atomic mass is 16.5. The number of methoxy groups -OCH3 is 1. The SMILES string of the molecule is COc1cccc(C2CCN(C)C2CN)c1. The van der Waals surface area contributed by atoms with E-state index >= 15 is 0 Å². The fourth-order valence-corrected chi connectivity index (χ4v) is 2.61. The van der Waals surface area contributed by atoms with Gasteiger partial charge < -0.3 is 15.4 Å². The van der Waals surface area contributed by atoms with Crippen molar-refractivity contribution in [1.29, 1.82) is 0 Å². The standard InChI is InChI=1S/C13H20N2O/c1-15-7-6-12(13(15)9-14)10-4-3-5-11(8-10)16-2/h3-5,8,12-13H,6-7,9,14H2,1-2H3. The maximum Gasteiger partial charge on any atom is 0.119 e. The molecule has 2 atom stereocenters. The number of ether oxygens (including phenoxy) is 1. The highest BCUT2D eigenvalue weighted by molar-refractivity contribution is 5.32. The first-order valence-corrected chi connectivity index (χ1v) is 5.80. The third kappa shape index (κ3) is 2.06. The summed E-state index contributed by atoms with van der Waals surface area (Å²) in [5, 5.41) is 0. The van der Waals surface area contributed by atoms with Crippen LogP contribution in [-0.2, 0) is 0 Å². The Morgan fingerprint density at radius 2 is 2.31 bits per heavy atom. The first-order valence-electron chi connectivity index (χ1n) is 5.80. The van der Waals surface area contributed by atoms with Crippen molar-refractivity contribution in [2.24, 2.45) is 5.73 Å². The Kier molecular flexibility index (Phi) is 3.46. The van der Waals surface area contributed by atoms with Gasteiger partial charge in [0.05, 0.1) is 7.11 Å². The number of likely N-dealkylation sites (tertiary alicyclic amines) is 1. The summed E-state index contributed by atoms with van der Waals surface area (Å²) in [6, 6.07) is 8.81. The predicted molar refractivity (Wildman–Crippen MR) is 65.8 cm³/mol. The molecule has 0 aromatic heterocycles. The van der Waals surface area contributed by atoms with E-state index in [1.807, 2.05) is 6.07 Å². The van der Waals surface area contributed by atoms with Gasteiger partial charge in [0.25, 0.3) is 0 Å². The van der Waals surface area contributed by atoms with Gasteiger partial charge in [-0.15, -0.1) is 0 Å². The summed E-state index contributed by atoms with van der Waals surface area (Å²) >= 11 is 0. The Morgan fingerprint density at radius 3 is 3.00 bits per heavy atom. The van der Waals surface area contributed by atoms with Crippen LogP contribution < -0.4 is 10.5 Å². The van der Waals surface area contributed by atoms with Crippen molar-refractivity contribution in [3.63, 3.8) is 0 Å². The average molecular weight is 220 g/mol. The second kappa shape index (κ2) is 4.85. The summed E-state index contributed by atoms with van der Waals surface area (Å²) in [4.78, 5) is 2.35. The molecule has 1 aromatic rings. The van der Waals surface area contributed by atoms with Crippen LogP contribution in [0.3, 0.4) is 0 Å². The molecule has 1 saturated heterocycles. The lowest BCUT2D eigenvalue weighted by molar-refractivity contribution is 0.303. The molecular weight excluding hydrogens is 200 g/mol. The molecule has 0 spiro atoms. The van der Waals surface area contributed by atoms with Crippen molar-refractivity contribution >= 4 is 0 Å². The maximum atomic E-state index is 5.85. The van der Waals surface area contributed by atoms with Crippen molar-refractivity contribution in [3.8, 4) is 5.75 Å². The molecule has 0 amide bonds. The first kappa shape index (κ1) is 11.4. The molecule has 3 nitrogen and oxygen atoms in total. The zero-order valence-corrected chi connectivity index (χ0v) is 10.0. The minimum absolute atomic E-state index is 0.465. The lowest BCUT2D eigenvalue weighted by atomic mass is 9.91. The average Bonchev–Trinajstić information content (AvgIpc) is 2.70. The monoisotopic (exact) mass is 220 g/mol. The highest BCUT2D eigenvalue weighted by Crippen LogP contribution is 2.33. The molecule has 16 heavy (non-hydrogen) atoms. The third-order valence-corrected chi connectivity index (χ3v) is 3.59. The fourth-order valence-electron chi connectivity index (χ4n) is 2.61. The molecule has 88 valence electrons. The van der Waals surface area contributed by atoms with Crippen LogP contribution in [0.4, 0.5) is 0 Å². The fraction of sp³-hybridized carbons (Fsp3) is 0.538. The number of hydrogen-bond donors (Lipinski definition) is 1. The Balaban J connectivity index is 2.22. The van der Waals surface area contributed by atoms with Gasteiger partial charge in [0.15, 0.2) is 0 Å². The van der Waals surface area contributed by atoms with Gasteiger partial charge in [0.1, 0.15) is 5.75 Å². The normalized spacial score (nSPS) is 25.9. The quantitative estimate of drug-likeness (QED) is 0.837. The van der Waals surface area contributed by atoms with Crippen LogP contribution >= 0.6 is 0 Å². The van der Waals surface area contributed by atoms with Crippen LogP contribution in [0.15, 0.2) is 24.3 Å². The Labute approximate surface area is 97.2 Å². The third-order valence-electron chi connectivity index (χ3n) is 3.59. The Hall–Kier alpha value is -1.06. The Bertz CT molecular complexity index is 354. The number of rotatable bonds is 3. The Morgan fingerprint density at radius 1 is 1.50 bits per heavy atom. The van der Waals surface area contributed by atoms with Crippen LogP contribution in [-0.4, -0.2) is 38.2 Å². The molecule has 0 aliphatic carbocycles. The maximum absolute atomic E-state index is 5.85. The minimum Gasteiger partial charge on any atom is -0.497 e. The topological polar surface area (TPSA) is 38.5 Å². The first-order chi connectivity index (χ1) is 7.76. The molecule has 1 fully saturated rings. The van der Waals surface area contributed by atoms with E-state index < -0.39 is 0 Å². The molecule has 1 aliphatic heterocycles. The largest absolute Gasteiger partial charge is 0.497 e. The van der Waals surface area contributed by atoms with Crippen molar-refractivity contribution in [1.82, 2.24) is 4.90 Å². The van der Waals surface area contributed by atoms with Gasteiger partial charge in [0.2, 0.25) is 0 Å². The summed E-state index contributed by atoms with van der Waals surface area (Å²) < 4.78 is 5.27. The second-order valence-electron chi connectivity index (χ2n) is 4.46. The van der Waals surface area contributed by atoms with Crippen molar-refractivity contribution in [3.05, 3.63) is 29.8 Å². The van der Waals surface area contributed by atoms with Gasteiger partial charge in [-0.2, -0.15) is 0 Å². The van der Waals surface area contributed by atoms with E-state index in [2.05, 4.69) is 30.1 Å². The molecule has 2 unspecified atom stereocenters. The van der Waals surface area contributed by atoms with E-state index in [0.29, 0.717) is 12.0 Å². The van der Waals surface area contributed by atoms with Crippen LogP contribution in [0.2, 0.25) is 0 Å². The van der Waals surface area contributed by atoms with Gasteiger partial charge >= 0.3 is 0 Å². The van der Waals surface area contributed by atoms with Crippen LogP contribution in [0.1, 0.15) is 17.9 Å². The molecule has 3 heteroatoms. The van der Waals surface area contributed by atoms with E-state index in [4.69, 9.17) is 10.5 Å². The summed E-state index contributed by atoms with van der Waals surface area (Å²) in [5.41, 5.74) is 7.20. The molecular formula is C13H20N2O. The number of nitrogens with two attached hydrogens (primary N) is 1. The van der Waals surface area contributed by atoms with E-state index in [1.165, 1.54) is 12.0 Å². The van der Waals surface area contributed by atoms with Gasteiger partial charge in [-0.1, -0.05) is 12.1 Å². The van der Waals surface area contributed by atoms with E-state index in [0.717, 1.165) is 18.8 Å². The lowest BCUT2D eigenvalue weighted by Gasteiger charge is -2.23. The smallest absolute Gasteiger partial charge is 0.119 e. The zero-order valence-electron chi connectivity index (χ0n) is 10.0. The van der Waals surface area contributed by atoms with Gasteiger partial charge in [-0.3, -0.25) is 0 Å². The van der Waals surface area contributed by atoms with E-state index in [-0.39, 0.29) is 0 Å². The van der Waals surface area contributed by atoms with Crippen LogP contribution in [0, 0.1) is 0 Å². The van der Waals surface area contributed by atoms with Crippen molar-refractivity contribution in [2.45, 2.75) is 18.4 Å². The van der Waals surface area contributed by atoms with E-state index in [9.17, 15) is 0 Å². The summed E-state index contributed by atoms with van der Waals surface area (Å²) in [6.45, 7) is 1.85. The number of likely N-dealkylation sites (N-methyl/N-ethyl adjacent to an activating group) is 1. The van der Waals surface area contributed by atoms with Crippen LogP contribution in [0.5, 0.6) is 5.75 Å². The minimum atomic E-state index is 0.465. The van der Waals surface area contributed by atoms with Gasteiger partial charge in [0, 0.05) is 18.5 Å². The van der Waals surface area contributed by atoms with Crippen molar-refractivity contribution in [2.75, 3.05) is 27.2 Å². The molecule has 1 aliphatic rings. The summed E-state index contributed by atoms with van der Waals surface area (Å²) in [6.07, 6.45) is 1.19. The second-order valence-corrected chi connectivity index (χ2v) is 4.46. The summed E-state index contributed by atoms with van der Waals surface area (Å²) in [7, 11) is 3.86. The number of benzene rings is 1. The van der Waals surface area contributed by atoms with Gasteiger partial charge in [-0.05, 0) is 37.7 Å². The molecule has 1 aromatic carbocycles. The van der Waals surface area contributed by atoms with E-state index in [1.54, 1.807) is 7.11 Å². The molecule has 0 radical (unpaired) electrons. The highest BCUT2D eigenvalue weighted by Gasteiger charge is 2.31.